The Kier molecular flexibility index (Phi) is 3.06. The van der Waals surface area contributed by atoms with Gasteiger partial charge in [-0.15, -0.1) is 0 Å². The maximum Gasteiger partial charge on any atom is 0.0952 e. The minimum atomic E-state index is 0.0527. The third-order valence-electron chi connectivity index (χ3n) is 2.76. The van der Waals surface area contributed by atoms with E-state index in [-0.39, 0.29) is 12.1 Å². The first-order valence-electron chi connectivity index (χ1n) is 5.48. The molecule has 0 radical (unpaired) electrons. The Hall–Kier alpha value is -1.61. The molecule has 0 bridgehead atoms. The SMILES string of the molecule is Cc1ccc(C(C(C)N)n2ccnc2)cc1. The van der Waals surface area contributed by atoms with E-state index in [2.05, 4.69) is 40.7 Å². The number of nitrogens with zero attached hydrogens (tertiary/aromatic N) is 2. The molecule has 0 aliphatic heterocycles. The van der Waals surface area contributed by atoms with Crippen LogP contribution < -0.4 is 5.73 Å². The van der Waals surface area contributed by atoms with Crippen LogP contribution >= 0.6 is 0 Å². The highest BCUT2D eigenvalue weighted by Crippen LogP contribution is 2.21. The average molecular weight is 215 g/mol. The fourth-order valence-electron chi connectivity index (χ4n) is 1.94. The lowest BCUT2D eigenvalue weighted by Gasteiger charge is -2.22. The molecule has 0 aliphatic carbocycles. The van der Waals surface area contributed by atoms with Crippen molar-refractivity contribution in [2.45, 2.75) is 25.9 Å². The van der Waals surface area contributed by atoms with Gasteiger partial charge in [0.1, 0.15) is 0 Å². The first kappa shape index (κ1) is 10.9. The van der Waals surface area contributed by atoms with E-state index in [0.717, 1.165) is 0 Å². The number of imidazole rings is 1. The van der Waals surface area contributed by atoms with Gasteiger partial charge in [-0.1, -0.05) is 29.8 Å². The highest BCUT2D eigenvalue weighted by Gasteiger charge is 2.17. The van der Waals surface area contributed by atoms with Gasteiger partial charge in [-0.25, -0.2) is 4.98 Å². The maximum atomic E-state index is 6.05. The molecule has 2 aromatic rings. The fourth-order valence-corrected chi connectivity index (χ4v) is 1.94. The number of aryl methyl sites for hydroxylation is 1. The molecule has 0 spiro atoms. The normalized spacial score (nSPS) is 14.7. The lowest BCUT2D eigenvalue weighted by atomic mass is 10.00. The topological polar surface area (TPSA) is 43.8 Å². The smallest absolute Gasteiger partial charge is 0.0952 e. The lowest BCUT2D eigenvalue weighted by molar-refractivity contribution is 0.496. The van der Waals surface area contributed by atoms with Crippen molar-refractivity contribution in [1.29, 1.82) is 0 Å². The van der Waals surface area contributed by atoms with E-state index in [0.29, 0.717) is 0 Å². The van der Waals surface area contributed by atoms with Gasteiger partial charge in [0.2, 0.25) is 0 Å². The van der Waals surface area contributed by atoms with Gasteiger partial charge in [0.05, 0.1) is 12.4 Å². The van der Waals surface area contributed by atoms with Crippen LogP contribution in [0.1, 0.15) is 24.1 Å². The Bertz CT molecular complexity index is 429. The van der Waals surface area contributed by atoms with Crippen molar-refractivity contribution >= 4 is 0 Å². The molecule has 3 heteroatoms. The van der Waals surface area contributed by atoms with Gasteiger partial charge in [-0.05, 0) is 19.4 Å². The third-order valence-corrected chi connectivity index (χ3v) is 2.76. The molecule has 0 saturated carbocycles. The van der Waals surface area contributed by atoms with Crippen molar-refractivity contribution in [3.63, 3.8) is 0 Å². The second kappa shape index (κ2) is 4.49. The van der Waals surface area contributed by atoms with Crippen LogP contribution in [0.25, 0.3) is 0 Å². The molecule has 0 aliphatic rings. The Morgan fingerprint density at radius 1 is 1.25 bits per heavy atom. The summed E-state index contributed by atoms with van der Waals surface area (Å²) in [5, 5.41) is 0. The second-order valence-electron chi connectivity index (χ2n) is 4.22. The molecule has 84 valence electrons. The maximum absolute atomic E-state index is 6.05. The summed E-state index contributed by atoms with van der Waals surface area (Å²) in [4.78, 5) is 4.08. The summed E-state index contributed by atoms with van der Waals surface area (Å²) in [6.45, 7) is 4.10. The molecular weight excluding hydrogens is 198 g/mol. The van der Waals surface area contributed by atoms with Crippen LogP contribution in [0.4, 0.5) is 0 Å². The number of hydrogen-bond acceptors (Lipinski definition) is 2. The molecule has 0 amide bonds. The number of hydrogen-bond donors (Lipinski definition) is 1. The molecule has 2 atom stereocenters. The number of nitrogens with two attached hydrogens (primary N) is 1. The summed E-state index contributed by atoms with van der Waals surface area (Å²) in [5.74, 6) is 0. The molecule has 1 aromatic heterocycles. The Morgan fingerprint density at radius 2 is 1.94 bits per heavy atom. The molecular formula is C13H17N3. The van der Waals surface area contributed by atoms with Crippen molar-refractivity contribution in [2.24, 2.45) is 5.73 Å². The van der Waals surface area contributed by atoms with E-state index in [4.69, 9.17) is 5.73 Å². The zero-order chi connectivity index (χ0) is 11.5. The van der Waals surface area contributed by atoms with E-state index in [1.54, 1.807) is 6.20 Å². The minimum absolute atomic E-state index is 0.0527. The third kappa shape index (κ3) is 2.14. The van der Waals surface area contributed by atoms with Gasteiger partial charge < -0.3 is 10.3 Å². The zero-order valence-corrected chi connectivity index (χ0v) is 9.67. The molecule has 0 fully saturated rings. The summed E-state index contributed by atoms with van der Waals surface area (Å²) >= 11 is 0. The van der Waals surface area contributed by atoms with Gasteiger partial charge in [0.25, 0.3) is 0 Å². The van der Waals surface area contributed by atoms with Crippen LogP contribution in [0.3, 0.4) is 0 Å². The molecule has 0 saturated heterocycles. The molecule has 2 N–H and O–H groups in total. The first-order valence-corrected chi connectivity index (χ1v) is 5.48. The summed E-state index contributed by atoms with van der Waals surface area (Å²) in [6.07, 6.45) is 5.55. The summed E-state index contributed by atoms with van der Waals surface area (Å²) in [7, 11) is 0. The summed E-state index contributed by atoms with van der Waals surface area (Å²) < 4.78 is 2.05. The van der Waals surface area contributed by atoms with Crippen molar-refractivity contribution in [2.75, 3.05) is 0 Å². The molecule has 16 heavy (non-hydrogen) atoms. The standard InChI is InChI=1S/C13H17N3/c1-10-3-5-12(6-4-10)13(11(2)14)16-8-7-15-9-16/h3-9,11,13H,14H2,1-2H3. The van der Waals surface area contributed by atoms with Crippen LogP contribution in [-0.4, -0.2) is 15.6 Å². The Morgan fingerprint density at radius 3 is 2.44 bits per heavy atom. The summed E-state index contributed by atoms with van der Waals surface area (Å²) in [6, 6.07) is 8.69. The molecule has 3 nitrogen and oxygen atoms in total. The molecule has 2 rings (SSSR count). The van der Waals surface area contributed by atoms with Crippen LogP contribution in [0.2, 0.25) is 0 Å². The Balaban J connectivity index is 2.37. The first-order chi connectivity index (χ1) is 7.68. The quantitative estimate of drug-likeness (QED) is 0.852. The number of aromatic nitrogens is 2. The highest BCUT2D eigenvalue weighted by molar-refractivity contribution is 5.25. The van der Waals surface area contributed by atoms with Crippen molar-refractivity contribution in [1.82, 2.24) is 9.55 Å². The predicted molar refractivity (Wildman–Crippen MR) is 65.2 cm³/mol. The van der Waals surface area contributed by atoms with E-state index in [9.17, 15) is 0 Å². The predicted octanol–water partition coefficient (Wildman–Crippen LogP) is 2.13. The Labute approximate surface area is 95.9 Å². The fraction of sp³-hybridized carbons (Fsp3) is 0.308. The second-order valence-corrected chi connectivity index (χ2v) is 4.22. The highest BCUT2D eigenvalue weighted by atomic mass is 15.1. The van der Waals surface area contributed by atoms with Gasteiger partial charge >= 0.3 is 0 Å². The van der Waals surface area contributed by atoms with Crippen LogP contribution in [0.15, 0.2) is 43.0 Å². The van der Waals surface area contributed by atoms with Gasteiger partial charge in [-0.3, -0.25) is 0 Å². The van der Waals surface area contributed by atoms with Crippen molar-refractivity contribution in [3.8, 4) is 0 Å². The van der Waals surface area contributed by atoms with Gasteiger partial charge in [0.15, 0.2) is 0 Å². The minimum Gasteiger partial charge on any atom is -0.328 e. The molecule has 2 unspecified atom stereocenters. The largest absolute Gasteiger partial charge is 0.328 e. The van der Waals surface area contributed by atoms with Gasteiger partial charge in [0, 0.05) is 18.4 Å². The van der Waals surface area contributed by atoms with Crippen LogP contribution in [0.5, 0.6) is 0 Å². The number of benzene rings is 1. The van der Waals surface area contributed by atoms with E-state index in [1.807, 2.05) is 19.4 Å². The number of rotatable bonds is 3. The van der Waals surface area contributed by atoms with Crippen molar-refractivity contribution in [3.05, 3.63) is 54.1 Å². The molecule has 1 aromatic carbocycles. The van der Waals surface area contributed by atoms with E-state index in [1.165, 1.54) is 11.1 Å². The molecule has 1 heterocycles. The van der Waals surface area contributed by atoms with E-state index < -0.39 is 0 Å². The summed E-state index contributed by atoms with van der Waals surface area (Å²) in [5.41, 5.74) is 8.53. The monoisotopic (exact) mass is 215 g/mol. The lowest BCUT2D eigenvalue weighted by Crippen LogP contribution is -2.29. The van der Waals surface area contributed by atoms with E-state index >= 15 is 0 Å². The van der Waals surface area contributed by atoms with Crippen molar-refractivity contribution < 1.29 is 0 Å². The van der Waals surface area contributed by atoms with Crippen LogP contribution in [-0.2, 0) is 0 Å². The van der Waals surface area contributed by atoms with Crippen LogP contribution in [0, 0.1) is 6.92 Å². The average Bonchev–Trinajstić information content (AvgIpc) is 2.74. The van der Waals surface area contributed by atoms with Gasteiger partial charge in [-0.2, -0.15) is 0 Å². The zero-order valence-electron chi connectivity index (χ0n) is 9.67.